The number of benzene rings is 9. The van der Waals surface area contributed by atoms with Crippen molar-refractivity contribution in [3.05, 3.63) is 176 Å². The van der Waals surface area contributed by atoms with E-state index in [1.807, 2.05) is 66.7 Å². The minimum atomic E-state index is 0.635. The molecule has 0 aliphatic heterocycles. The summed E-state index contributed by atoms with van der Waals surface area (Å²) in [4.78, 5) is 15.3. The Morgan fingerprint density at radius 3 is 1.58 bits per heavy atom. The number of nitrogens with zero attached hydrogens (tertiary/aromatic N) is 3. The predicted octanol–water partition coefficient (Wildman–Crippen LogP) is 13.1. The lowest BCUT2D eigenvalue weighted by atomic mass is 9.91. The van der Waals surface area contributed by atoms with Crippen molar-refractivity contribution in [2.75, 3.05) is 0 Å². The van der Waals surface area contributed by atoms with Gasteiger partial charge in [0, 0.05) is 38.2 Å². The highest BCUT2D eigenvalue weighted by atomic mass is 16.3. The van der Waals surface area contributed by atoms with Gasteiger partial charge in [-0.2, -0.15) is 0 Å². The highest BCUT2D eigenvalue weighted by Crippen LogP contribution is 2.42. The Labute approximate surface area is 304 Å². The molecular weight excluding hydrogens is 647 g/mol. The Kier molecular flexibility index (Phi) is 6.52. The molecule has 9 aromatic carbocycles. The molecule has 2 heterocycles. The van der Waals surface area contributed by atoms with E-state index < -0.39 is 0 Å². The summed E-state index contributed by atoms with van der Waals surface area (Å²) >= 11 is 0. The third-order valence-corrected chi connectivity index (χ3v) is 10.5. The number of hydrogen-bond donors (Lipinski definition) is 0. The van der Waals surface area contributed by atoms with Crippen LogP contribution in [-0.4, -0.2) is 15.0 Å². The first-order valence-electron chi connectivity index (χ1n) is 17.9. The lowest BCUT2D eigenvalue weighted by molar-refractivity contribution is 0.673. The zero-order chi connectivity index (χ0) is 34.9. The van der Waals surface area contributed by atoms with Gasteiger partial charge >= 0.3 is 0 Å². The molecule has 0 saturated carbocycles. The van der Waals surface area contributed by atoms with Crippen LogP contribution >= 0.6 is 0 Å². The fourth-order valence-electron chi connectivity index (χ4n) is 7.91. The van der Waals surface area contributed by atoms with Gasteiger partial charge in [-0.15, -0.1) is 0 Å². The van der Waals surface area contributed by atoms with Gasteiger partial charge in [-0.3, -0.25) is 0 Å². The van der Waals surface area contributed by atoms with Gasteiger partial charge in [-0.05, 0) is 73.8 Å². The molecule has 4 nitrogen and oxygen atoms in total. The van der Waals surface area contributed by atoms with E-state index in [2.05, 4.69) is 109 Å². The molecule has 11 rings (SSSR count). The normalized spacial score (nSPS) is 11.8. The minimum Gasteiger partial charge on any atom is -0.455 e. The number of para-hydroxylation sites is 1. The molecule has 0 fully saturated rings. The summed E-state index contributed by atoms with van der Waals surface area (Å²) in [5.41, 5.74) is 6.83. The lowest BCUT2D eigenvalue weighted by Gasteiger charge is -2.15. The molecule has 0 radical (unpaired) electrons. The molecule has 0 saturated heterocycles. The van der Waals surface area contributed by atoms with Crippen LogP contribution in [0.25, 0.3) is 110 Å². The SMILES string of the molecule is c1ccc(-c2nc(-c3ccccc3)nc(-c3cc4ccccc4cc3-c3ccc4c(ccc5ccc6ccc7c8ccccc8oc7c6c54)c3)n2)cc1. The average molecular weight is 676 g/mol. The van der Waals surface area contributed by atoms with Crippen molar-refractivity contribution in [3.8, 4) is 45.3 Å². The Hall–Kier alpha value is -7.17. The van der Waals surface area contributed by atoms with Gasteiger partial charge in [0.05, 0.1) is 0 Å². The van der Waals surface area contributed by atoms with Crippen molar-refractivity contribution in [2.45, 2.75) is 0 Å². The van der Waals surface area contributed by atoms with Gasteiger partial charge < -0.3 is 4.42 Å². The molecule has 0 amide bonds. The van der Waals surface area contributed by atoms with E-state index in [-0.39, 0.29) is 0 Å². The van der Waals surface area contributed by atoms with Crippen LogP contribution in [0, 0.1) is 0 Å². The van der Waals surface area contributed by atoms with Crippen molar-refractivity contribution in [2.24, 2.45) is 0 Å². The summed E-state index contributed by atoms with van der Waals surface area (Å²) in [6.07, 6.45) is 0. The highest BCUT2D eigenvalue weighted by molar-refractivity contribution is 6.29. The third-order valence-electron chi connectivity index (χ3n) is 10.5. The molecule has 4 heteroatoms. The maximum Gasteiger partial charge on any atom is 0.164 e. The van der Waals surface area contributed by atoms with Crippen LogP contribution < -0.4 is 0 Å². The molecule has 0 unspecified atom stereocenters. The highest BCUT2D eigenvalue weighted by Gasteiger charge is 2.19. The van der Waals surface area contributed by atoms with Gasteiger partial charge in [-0.25, -0.2) is 15.0 Å². The number of rotatable bonds is 4. The summed E-state index contributed by atoms with van der Waals surface area (Å²) in [7, 11) is 0. The molecule has 0 N–H and O–H groups in total. The molecule has 0 aliphatic carbocycles. The van der Waals surface area contributed by atoms with Crippen molar-refractivity contribution in [1.82, 2.24) is 15.0 Å². The van der Waals surface area contributed by atoms with Crippen molar-refractivity contribution in [3.63, 3.8) is 0 Å². The molecule has 53 heavy (non-hydrogen) atoms. The molecule has 0 atom stereocenters. The van der Waals surface area contributed by atoms with Crippen LogP contribution in [0.3, 0.4) is 0 Å². The molecule has 0 bridgehead atoms. The monoisotopic (exact) mass is 675 g/mol. The van der Waals surface area contributed by atoms with Crippen LogP contribution in [0.2, 0.25) is 0 Å². The first-order valence-corrected chi connectivity index (χ1v) is 17.9. The zero-order valence-corrected chi connectivity index (χ0v) is 28.5. The summed E-state index contributed by atoms with van der Waals surface area (Å²) in [6.45, 7) is 0. The summed E-state index contributed by atoms with van der Waals surface area (Å²) < 4.78 is 6.59. The van der Waals surface area contributed by atoms with Gasteiger partial charge in [0.15, 0.2) is 17.5 Å². The quantitative estimate of drug-likeness (QED) is 0.174. The number of fused-ring (bicyclic) bond motifs is 10. The lowest BCUT2D eigenvalue weighted by Crippen LogP contribution is -2.01. The van der Waals surface area contributed by atoms with Crippen molar-refractivity contribution < 1.29 is 4.42 Å². The third kappa shape index (κ3) is 4.80. The largest absolute Gasteiger partial charge is 0.455 e. The van der Waals surface area contributed by atoms with E-state index in [1.165, 1.54) is 16.2 Å². The number of hydrogen-bond acceptors (Lipinski definition) is 4. The van der Waals surface area contributed by atoms with Crippen LogP contribution in [0.5, 0.6) is 0 Å². The molecular formula is C49H29N3O. The second-order valence-electron chi connectivity index (χ2n) is 13.6. The van der Waals surface area contributed by atoms with E-state index in [4.69, 9.17) is 19.4 Å². The maximum absolute atomic E-state index is 6.59. The zero-order valence-electron chi connectivity index (χ0n) is 28.5. The second-order valence-corrected chi connectivity index (χ2v) is 13.6. The smallest absolute Gasteiger partial charge is 0.164 e. The maximum atomic E-state index is 6.59. The number of aromatic nitrogens is 3. The van der Waals surface area contributed by atoms with Crippen LogP contribution in [-0.2, 0) is 0 Å². The predicted molar refractivity (Wildman–Crippen MR) is 219 cm³/mol. The molecule has 246 valence electrons. The Morgan fingerprint density at radius 1 is 0.321 bits per heavy atom. The van der Waals surface area contributed by atoms with Crippen LogP contribution in [0.1, 0.15) is 0 Å². The Bertz CT molecular complexity index is 3160. The first-order chi connectivity index (χ1) is 26.2. The van der Waals surface area contributed by atoms with Gasteiger partial charge in [-0.1, -0.05) is 146 Å². The number of furan rings is 1. The average Bonchev–Trinajstić information content (AvgIpc) is 3.62. The fourth-order valence-corrected chi connectivity index (χ4v) is 7.91. The molecule has 0 spiro atoms. The van der Waals surface area contributed by atoms with E-state index >= 15 is 0 Å². The standard InChI is InChI=1S/C49H29N3O/c1-3-11-32(12-4-1)47-50-48(33-13-5-2-6-14-33)52-49(51-47)42-29-35-16-8-7-15-34(35)28-41(42)37-24-25-38-36(27-37)22-21-30-19-20-31-23-26-40-39-17-9-10-18-43(39)53-46(40)45(31)44(30)38/h1-29H. The minimum absolute atomic E-state index is 0.635. The fraction of sp³-hybridized carbons (Fsp3) is 0. The molecule has 2 aromatic heterocycles. The first kappa shape index (κ1) is 29.5. The van der Waals surface area contributed by atoms with E-state index in [9.17, 15) is 0 Å². The van der Waals surface area contributed by atoms with Crippen molar-refractivity contribution in [1.29, 1.82) is 0 Å². The van der Waals surface area contributed by atoms with Crippen LogP contribution in [0.15, 0.2) is 180 Å². The van der Waals surface area contributed by atoms with Crippen molar-refractivity contribution >= 4 is 65.0 Å². The summed E-state index contributed by atoms with van der Waals surface area (Å²) in [5.74, 6) is 1.92. The summed E-state index contributed by atoms with van der Waals surface area (Å²) in [5, 5.41) is 11.6. The van der Waals surface area contributed by atoms with E-state index in [1.54, 1.807) is 0 Å². The second kappa shape index (κ2) is 11.7. The Morgan fingerprint density at radius 2 is 0.868 bits per heavy atom. The Balaban J connectivity index is 1.16. The molecule has 11 aromatic rings. The summed E-state index contributed by atoms with van der Waals surface area (Å²) in [6, 6.07) is 61.7. The van der Waals surface area contributed by atoms with Crippen LogP contribution in [0.4, 0.5) is 0 Å². The topological polar surface area (TPSA) is 51.8 Å². The van der Waals surface area contributed by atoms with Gasteiger partial charge in [0.2, 0.25) is 0 Å². The van der Waals surface area contributed by atoms with E-state index in [0.29, 0.717) is 17.5 Å². The van der Waals surface area contributed by atoms with E-state index in [0.717, 1.165) is 76.7 Å². The molecule has 0 aliphatic rings. The van der Waals surface area contributed by atoms with Gasteiger partial charge in [0.1, 0.15) is 11.2 Å². The van der Waals surface area contributed by atoms with Gasteiger partial charge in [0.25, 0.3) is 0 Å².